The number of aromatic nitrogens is 1. The SMILES string of the molecule is CC1=CC(c2[c-]cccc2)[N-]C=C1c1ccccc1.[Ir+3].[c-]1ccccc1-c1ccccn1. The Bertz CT molecular complexity index is 1100. The van der Waals surface area contributed by atoms with Gasteiger partial charge in [0.05, 0.1) is 0 Å². The van der Waals surface area contributed by atoms with Crippen molar-refractivity contribution in [1.82, 2.24) is 4.98 Å². The van der Waals surface area contributed by atoms with Gasteiger partial charge in [-0.3, -0.25) is 0 Å². The van der Waals surface area contributed by atoms with E-state index in [2.05, 4.69) is 65.8 Å². The van der Waals surface area contributed by atoms with Gasteiger partial charge >= 0.3 is 20.1 Å². The number of hydrogen-bond donors (Lipinski definition) is 0. The summed E-state index contributed by atoms with van der Waals surface area (Å²) in [5, 5.41) is 4.64. The Hall–Kier alpha value is -3.26. The van der Waals surface area contributed by atoms with Crippen molar-refractivity contribution in [3.05, 3.63) is 150 Å². The Morgan fingerprint density at radius 2 is 1.50 bits per heavy atom. The minimum Gasteiger partial charge on any atom is -0.682 e. The van der Waals surface area contributed by atoms with Crippen LogP contribution in [0.1, 0.15) is 24.1 Å². The van der Waals surface area contributed by atoms with E-state index < -0.39 is 0 Å². The van der Waals surface area contributed by atoms with Crippen LogP contribution in [0.4, 0.5) is 0 Å². The molecule has 0 radical (unpaired) electrons. The smallest absolute Gasteiger partial charge is 0.682 e. The second-order valence-electron chi connectivity index (χ2n) is 7.16. The fourth-order valence-corrected chi connectivity index (χ4v) is 3.38. The molecule has 2 nitrogen and oxygen atoms in total. The van der Waals surface area contributed by atoms with Gasteiger partial charge in [0, 0.05) is 6.20 Å². The fourth-order valence-electron chi connectivity index (χ4n) is 3.38. The van der Waals surface area contributed by atoms with E-state index in [-0.39, 0.29) is 26.1 Å². The van der Waals surface area contributed by atoms with Crippen LogP contribution in [0.25, 0.3) is 22.1 Å². The molecule has 158 valence electrons. The third kappa shape index (κ3) is 6.13. The van der Waals surface area contributed by atoms with E-state index >= 15 is 0 Å². The monoisotopic (exact) mass is 592 g/mol. The van der Waals surface area contributed by atoms with Gasteiger partial charge in [0.25, 0.3) is 0 Å². The molecule has 32 heavy (non-hydrogen) atoms. The maximum atomic E-state index is 4.64. The summed E-state index contributed by atoms with van der Waals surface area (Å²) >= 11 is 0. The number of allylic oxidation sites excluding steroid dienone is 2. The van der Waals surface area contributed by atoms with Crippen LogP contribution >= 0.6 is 0 Å². The van der Waals surface area contributed by atoms with E-state index in [1.807, 2.05) is 72.9 Å². The zero-order valence-electron chi connectivity index (χ0n) is 17.8. The van der Waals surface area contributed by atoms with Crippen molar-refractivity contribution in [2.45, 2.75) is 13.0 Å². The van der Waals surface area contributed by atoms with Crippen molar-refractivity contribution in [3.8, 4) is 11.3 Å². The first-order chi connectivity index (χ1) is 15.3. The van der Waals surface area contributed by atoms with Crippen LogP contribution in [-0.4, -0.2) is 4.98 Å². The van der Waals surface area contributed by atoms with Crippen LogP contribution in [0, 0.1) is 12.1 Å². The zero-order valence-corrected chi connectivity index (χ0v) is 20.2. The fraction of sp³-hybridized carbons (Fsp3) is 0.0690. The predicted octanol–water partition coefficient (Wildman–Crippen LogP) is 7.45. The van der Waals surface area contributed by atoms with Gasteiger partial charge in [-0.25, -0.2) is 0 Å². The van der Waals surface area contributed by atoms with Crippen LogP contribution in [0.15, 0.2) is 121 Å². The summed E-state index contributed by atoms with van der Waals surface area (Å²) in [6.07, 6.45) is 5.97. The molecule has 1 unspecified atom stereocenters. The van der Waals surface area contributed by atoms with Crippen LogP contribution in [0.5, 0.6) is 0 Å². The van der Waals surface area contributed by atoms with Gasteiger partial charge < -0.3 is 10.3 Å². The Kier molecular flexibility index (Phi) is 8.74. The van der Waals surface area contributed by atoms with E-state index in [4.69, 9.17) is 0 Å². The molecule has 0 saturated carbocycles. The minimum absolute atomic E-state index is 0. The molecule has 0 aliphatic carbocycles. The molecular formula is C29H23IrN2. The van der Waals surface area contributed by atoms with E-state index in [9.17, 15) is 0 Å². The summed E-state index contributed by atoms with van der Waals surface area (Å²) in [5.74, 6) is 0. The van der Waals surface area contributed by atoms with Gasteiger partial charge in [-0.1, -0.05) is 60.2 Å². The number of benzene rings is 3. The van der Waals surface area contributed by atoms with Crippen molar-refractivity contribution in [2.75, 3.05) is 0 Å². The normalized spacial score (nSPS) is 14.5. The second kappa shape index (κ2) is 12.0. The summed E-state index contributed by atoms with van der Waals surface area (Å²) in [7, 11) is 0. The largest absolute Gasteiger partial charge is 3.00 e. The second-order valence-corrected chi connectivity index (χ2v) is 7.16. The van der Waals surface area contributed by atoms with E-state index in [1.165, 1.54) is 16.7 Å². The summed E-state index contributed by atoms with van der Waals surface area (Å²) in [6.45, 7) is 2.14. The van der Waals surface area contributed by atoms with Gasteiger partial charge in [-0.05, 0) is 29.8 Å². The maximum absolute atomic E-state index is 4.64. The molecule has 0 N–H and O–H groups in total. The maximum Gasteiger partial charge on any atom is 3.00 e. The van der Waals surface area contributed by atoms with E-state index in [0.717, 1.165) is 16.8 Å². The van der Waals surface area contributed by atoms with E-state index in [1.54, 1.807) is 6.20 Å². The third-order valence-electron chi connectivity index (χ3n) is 4.98. The van der Waals surface area contributed by atoms with Crippen molar-refractivity contribution in [2.24, 2.45) is 0 Å². The number of hydrogen-bond acceptors (Lipinski definition) is 1. The molecule has 4 aromatic rings. The van der Waals surface area contributed by atoms with Crippen molar-refractivity contribution >= 4 is 5.57 Å². The number of rotatable bonds is 3. The Morgan fingerprint density at radius 1 is 0.781 bits per heavy atom. The van der Waals surface area contributed by atoms with Crippen LogP contribution in [-0.2, 0) is 20.1 Å². The van der Waals surface area contributed by atoms with Crippen molar-refractivity contribution in [1.29, 1.82) is 0 Å². The molecule has 3 aromatic carbocycles. The number of nitrogens with zero attached hydrogens (tertiary/aromatic N) is 2. The average Bonchev–Trinajstić information content (AvgIpc) is 2.86. The Balaban J connectivity index is 0.000000193. The summed E-state index contributed by atoms with van der Waals surface area (Å²) in [6, 6.07) is 38.5. The van der Waals surface area contributed by atoms with Crippen LogP contribution in [0.2, 0.25) is 0 Å². The Morgan fingerprint density at radius 3 is 2.12 bits per heavy atom. The predicted molar refractivity (Wildman–Crippen MR) is 128 cm³/mol. The summed E-state index contributed by atoms with van der Waals surface area (Å²) in [5.41, 5.74) is 6.81. The first-order valence-electron chi connectivity index (χ1n) is 10.3. The first-order valence-corrected chi connectivity index (χ1v) is 10.3. The molecule has 0 spiro atoms. The molecule has 0 fully saturated rings. The molecule has 0 saturated heterocycles. The molecule has 0 amide bonds. The summed E-state index contributed by atoms with van der Waals surface area (Å²) in [4.78, 5) is 4.22. The molecule has 1 atom stereocenters. The molecule has 3 heteroatoms. The molecular weight excluding hydrogens is 569 g/mol. The Labute approximate surface area is 204 Å². The molecule has 5 rings (SSSR count). The van der Waals surface area contributed by atoms with Gasteiger partial charge in [0.2, 0.25) is 0 Å². The molecule has 2 heterocycles. The number of pyridine rings is 1. The molecule has 1 aliphatic heterocycles. The van der Waals surface area contributed by atoms with Crippen LogP contribution in [0.3, 0.4) is 0 Å². The van der Waals surface area contributed by atoms with Gasteiger partial charge in [0.1, 0.15) is 0 Å². The standard InChI is InChI=1S/C18H15N.C11H8N.Ir/c1-14-12-18(16-10-6-3-7-11-16)19-13-17(14)15-8-4-2-5-9-15;1-2-6-10(7-3-1)11-8-4-5-9-12-11;/h2-10,12-13,18H,1H3;1-6,8-9H;/q-2;-1;+3. The minimum atomic E-state index is 0. The zero-order chi connectivity index (χ0) is 21.3. The van der Waals surface area contributed by atoms with Gasteiger partial charge in [-0.2, -0.15) is 42.1 Å². The van der Waals surface area contributed by atoms with Crippen LogP contribution < -0.4 is 0 Å². The van der Waals surface area contributed by atoms with Crippen molar-refractivity contribution < 1.29 is 20.1 Å². The van der Waals surface area contributed by atoms with Gasteiger partial charge in [-0.15, -0.1) is 35.9 Å². The molecule has 1 aliphatic rings. The quantitative estimate of drug-likeness (QED) is 0.228. The molecule has 0 bridgehead atoms. The van der Waals surface area contributed by atoms with Gasteiger partial charge in [0.15, 0.2) is 0 Å². The molecule has 1 aromatic heterocycles. The first kappa shape index (κ1) is 23.4. The van der Waals surface area contributed by atoms with E-state index in [0.29, 0.717) is 0 Å². The summed E-state index contributed by atoms with van der Waals surface area (Å²) < 4.78 is 0. The topological polar surface area (TPSA) is 27.0 Å². The average molecular weight is 592 g/mol. The van der Waals surface area contributed by atoms with Crippen molar-refractivity contribution in [3.63, 3.8) is 0 Å². The third-order valence-corrected chi connectivity index (χ3v) is 4.98.